The number of aliphatic hydroxyl groups is 1. The lowest BCUT2D eigenvalue weighted by Gasteiger charge is -2.34. The van der Waals surface area contributed by atoms with E-state index in [4.69, 9.17) is 21.4 Å². The second-order valence-electron chi connectivity index (χ2n) is 9.54. The molecule has 5 rings (SSSR count). The van der Waals surface area contributed by atoms with Crippen LogP contribution in [0.5, 0.6) is 5.88 Å². The van der Waals surface area contributed by atoms with Crippen LogP contribution in [0.25, 0.3) is 21.0 Å². The number of nitrogens with one attached hydrogen (secondary N) is 1. The van der Waals surface area contributed by atoms with Crippen molar-refractivity contribution in [1.29, 1.82) is 0 Å². The molecule has 1 aliphatic rings. The topological polar surface area (TPSA) is 79.6 Å². The summed E-state index contributed by atoms with van der Waals surface area (Å²) < 4.78 is 8.66. The first-order valence-corrected chi connectivity index (χ1v) is 13.6. The van der Waals surface area contributed by atoms with E-state index in [1.807, 2.05) is 34.9 Å². The zero-order valence-corrected chi connectivity index (χ0v) is 22.1. The van der Waals surface area contributed by atoms with Crippen LogP contribution in [0.3, 0.4) is 0 Å². The lowest BCUT2D eigenvalue weighted by atomic mass is 10.0. The Kier molecular flexibility index (Phi) is 7.48. The molecule has 0 aliphatic carbocycles. The number of piperidine rings is 1. The number of aromatic nitrogens is 2. The Morgan fingerprint density at radius 2 is 2.03 bits per heavy atom. The molecule has 0 bridgehead atoms. The molecule has 7 nitrogen and oxygen atoms in total. The smallest absolute Gasteiger partial charge is 0.268 e. The number of hydrogen-bond donors (Lipinski definition) is 2. The third-order valence-corrected chi connectivity index (χ3v) is 8.10. The Morgan fingerprint density at radius 1 is 1.22 bits per heavy atom. The zero-order valence-electron chi connectivity index (χ0n) is 20.5. The van der Waals surface area contributed by atoms with Gasteiger partial charge in [-0.05, 0) is 56.3 Å². The fourth-order valence-electron chi connectivity index (χ4n) is 4.84. The van der Waals surface area contributed by atoms with Gasteiger partial charge in [-0.2, -0.15) is 0 Å². The van der Waals surface area contributed by atoms with E-state index in [2.05, 4.69) is 35.1 Å². The first kappa shape index (κ1) is 25.0. The van der Waals surface area contributed by atoms with Crippen molar-refractivity contribution in [3.05, 3.63) is 58.2 Å². The van der Waals surface area contributed by atoms with Crippen molar-refractivity contribution in [3.63, 3.8) is 0 Å². The first-order chi connectivity index (χ1) is 17.4. The average Bonchev–Trinajstić information content (AvgIpc) is 3.43. The SMILES string of the molecule is CC(C)N1CCC(NC(=O)c2cc3cc(OCCO)ncc3n2Cc2cc3ccc(Cl)cc3s2)CC1. The number of benzene rings is 1. The number of nitrogens with zero attached hydrogens (tertiary/aromatic N) is 3. The summed E-state index contributed by atoms with van der Waals surface area (Å²) in [7, 11) is 0. The second-order valence-corrected chi connectivity index (χ2v) is 11.1. The molecule has 0 saturated carbocycles. The van der Waals surface area contributed by atoms with Crippen LogP contribution in [-0.2, 0) is 6.54 Å². The van der Waals surface area contributed by atoms with E-state index >= 15 is 0 Å². The number of fused-ring (bicyclic) bond motifs is 2. The van der Waals surface area contributed by atoms with Crippen molar-refractivity contribution >= 4 is 49.8 Å². The normalized spacial score (nSPS) is 15.2. The van der Waals surface area contributed by atoms with Gasteiger partial charge >= 0.3 is 0 Å². The molecule has 0 unspecified atom stereocenters. The fraction of sp³-hybridized carbons (Fsp3) is 0.407. The molecule has 0 spiro atoms. The minimum Gasteiger partial charge on any atom is -0.475 e. The number of pyridine rings is 1. The second kappa shape index (κ2) is 10.8. The van der Waals surface area contributed by atoms with E-state index in [0.717, 1.165) is 51.8 Å². The lowest BCUT2D eigenvalue weighted by molar-refractivity contribution is 0.0892. The number of carbonyl (C=O) groups is 1. The van der Waals surface area contributed by atoms with E-state index in [0.29, 0.717) is 29.2 Å². The van der Waals surface area contributed by atoms with Crippen LogP contribution >= 0.6 is 22.9 Å². The van der Waals surface area contributed by atoms with Gasteiger partial charge in [0.25, 0.3) is 5.91 Å². The van der Waals surface area contributed by atoms with Gasteiger partial charge in [-0.3, -0.25) is 4.79 Å². The van der Waals surface area contributed by atoms with E-state index in [9.17, 15) is 4.79 Å². The highest BCUT2D eigenvalue weighted by Gasteiger charge is 2.24. The van der Waals surface area contributed by atoms with Gasteiger partial charge in [0, 0.05) is 51.2 Å². The van der Waals surface area contributed by atoms with Crippen LogP contribution in [0, 0.1) is 0 Å². The van der Waals surface area contributed by atoms with Gasteiger partial charge in [0.1, 0.15) is 12.3 Å². The Bertz CT molecular complexity index is 1370. The highest BCUT2D eigenvalue weighted by molar-refractivity contribution is 7.19. The molecular formula is C27H31ClN4O3S. The molecule has 36 heavy (non-hydrogen) atoms. The monoisotopic (exact) mass is 526 g/mol. The van der Waals surface area contributed by atoms with Gasteiger partial charge in [-0.1, -0.05) is 17.7 Å². The number of ether oxygens (including phenoxy) is 1. The van der Waals surface area contributed by atoms with Crippen molar-refractivity contribution in [2.75, 3.05) is 26.3 Å². The number of aliphatic hydroxyl groups excluding tert-OH is 1. The van der Waals surface area contributed by atoms with Gasteiger partial charge in [-0.25, -0.2) is 4.98 Å². The molecule has 4 heterocycles. The van der Waals surface area contributed by atoms with Crippen LogP contribution in [0.15, 0.2) is 42.6 Å². The van der Waals surface area contributed by atoms with Crippen molar-refractivity contribution in [2.24, 2.45) is 0 Å². The van der Waals surface area contributed by atoms with Crippen molar-refractivity contribution in [1.82, 2.24) is 19.8 Å². The van der Waals surface area contributed by atoms with Crippen LogP contribution < -0.4 is 10.1 Å². The number of likely N-dealkylation sites (tertiary alicyclic amines) is 1. The van der Waals surface area contributed by atoms with E-state index in [-0.39, 0.29) is 25.2 Å². The van der Waals surface area contributed by atoms with Crippen molar-refractivity contribution in [2.45, 2.75) is 45.3 Å². The number of rotatable bonds is 8. The third kappa shape index (κ3) is 5.37. The molecule has 2 N–H and O–H groups in total. The van der Waals surface area contributed by atoms with Crippen LogP contribution in [0.1, 0.15) is 42.1 Å². The molecular weight excluding hydrogens is 496 g/mol. The molecule has 0 radical (unpaired) electrons. The molecule has 1 amide bonds. The van der Waals surface area contributed by atoms with E-state index in [1.54, 1.807) is 17.5 Å². The maximum absolute atomic E-state index is 13.5. The highest BCUT2D eigenvalue weighted by Crippen LogP contribution is 2.31. The number of carbonyl (C=O) groups excluding carboxylic acids is 1. The summed E-state index contributed by atoms with van der Waals surface area (Å²) in [4.78, 5) is 21.5. The molecule has 4 aromatic rings. The maximum Gasteiger partial charge on any atom is 0.268 e. The Labute approximate surface area is 219 Å². The first-order valence-electron chi connectivity index (χ1n) is 12.4. The number of halogens is 1. The summed E-state index contributed by atoms with van der Waals surface area (Å²) in [6.07, 6.45) is 3.63. The zero-order chi connectivity index (χ0) is 25.2. The van der Waals surface area contributed by atoms with Gasteiger partial charge in [-0.15, -0.1) is 11.3 Å². The predicted molar refractivity (Wildman–Crippen MR) is 145 cm³/mol. The average molecular weight is 527 g/mol. The summed E-state index contributed by atoms with van der Waals surface area (Å²) >= 11 is 7.87. The predicted octanol–water partition coefficient (Wildman–Crippen LogP) is 4.93. The van der Waals surface area contributed by atoms with Crippen LogP contribution in [0.4, 0.5) is 0 Å². The molecule has 0 atom stereocenters. The maximum atomic E-state index is 13.5. The molecule has 1 fully saturated rings. The summed E-state index contributed by atoms with van der Waals surface area (Å²) in [6.45, 7) is 7.05. The molecule has 1 saturated heterocycles. The molecule has 3 aromatic heterocycles. The molecule has 1 aromatic carbocycles. The van der Waals surface area contributed by atoms with Crippen LogP contribution in [0.2, 0.25) is 5.02 Å². The number of thiophene rings is 1. The summed E-state index contributed by atoms with van der Waals surface area (Å²) in [5.74, 6) is 0.356. The fourth-order valence-corrected chi connectivity index (χ4v) is 6.17. The summed E-state index contributed by atoms with van der Waals surface area (Å²) in [5, 5.41) is 15.1. The largest absolute Gasteiger partial charge is 0.475 e. The minimum atomic E-state index is -0.0834. The molecule has 9 heteroatoms. The summed E-state index contributed by atoms with van der Waals surface area (Å²) in [6, 6.07) is 12.5. The number of amides is 1. The van der Waals surface area contributed by atoms with Gasteiger partial charge in [0.15, 0.2) is 0 Å². The Morgan fingerprint density at radius 3 is 2.78 bits per heavy atom. The van der Waals surface area contributed by atoms with Gasteiger partial charge in [0.2, 0.25) is 5.88 Å². The van der Waals surface area contributed by atoms with Crippen molar-refractivity contribution in [3.8, 4) is 5.88 Å². The van der Waals surface area contributed by atoms with Gasteiger partial charge < -0.3 is 24.6 Å². The quantitative estimate of drug-likeness (QED) is 0.340. The molecule has 190 valence electrons. The third-order valence-electron chi connectivity index (χ3n) is 6.78. The van der Waals surface area contributed by atoms with E-state index in [1.165, 1.54) is 0 Å². The Balaban J connectivity index is 1.45. The van der Waals surface area contributed by atoms with Crippen molar-refractivity contribution < 1.29 is 14.6 Å². The lowest BCUT2D eigenvalue weighted by Crippen LogP contribution is -2.46. The van der Waals surface area contributed by atoms with Gasteiger partial charge in [0.05, 0.1) is 24.9 Å². The number of hydrogen-bond acceptors (Lipinski definition) is 6. The summed E-state index contributed by atoms with van der Waals surface area (Å²) in [5.41, 5.74) is 1.47. The minimum absolute atomic E-state index is 0.0730. The molecule has 1 aliphatic heterocycles. The van der Waals surface area contributed by atoms with E-state index < -0.39 is 0 Å². The standard InChI is InChI=1S/C27H31ClN4O3S/c1-17(2)31-7-5-21(6-8-31)30-27(34)23-12-19-13-26(35-10-9-33)29-15-24(19)32(23)16-22-11-18-3-4-20(28)14-25(18)36-22/h3-4,11-15,17,21,33H,5-10,16H2,1-2H3,(H,30,34). The highest BCUT2D eigenvalue weighted by atomic mass is 35.5. The van der Waals surface area contributed by atoms with Crippen LogP contribution in [-0.4, -0.2) is 63.9 Å². The Hall–Kier alpha value is -2.65.